The van der Waals surface area contributed by atoms with Crippen LogP contribution in [0.2, 0.25) is 0 Å². The van der Waals surface area contributed by atoms with Gasteiger partial charge in [0.25, 0.3) is 5.56 Å². The molecule has 2 aliphatic rings. The number of ether oxygens (including phenoxy) is 2. The van der Waals surface area contributed by atoms with Crippen LogP contribution < -0.4 is 5.56 Å². The van der Waals surface area contributed by atoms with Gasteiger partial charge in [0.2, 0.25) is 5.91 Å². The predicted molar refractivity (Wildman–Crippen MR) is 91.0 cm³/mol. The van der Waals surface area contributed by atoms with Gasteiger partial charge in [-0.05, 0) is 31.0 Å². The molecule has 8 heteroatoms. The Morgan fingerprint density at radius 1 is 1.23 bits per heavy atom. The van der Waals surface area contributed by atoms with E-state index in [2.05, 4.69) is 4.98 Å². The molecule has 1 aromatic carbocycles. The highest BCUT2D eigenvalue weighted by molar-refractivity contribution is 5.79. The van der Waals surface area contributed by atoms with Crippen molar-refractivity contribution < 1.29 is 18.7 Å². The van der Waals surface area contributed by atoms with E-state index < -0.39 is 11.4 Å². The molecule has 2 fully saturated rings. The number of hydrogen-bond donors (Lipinski definition) is 0. The topological polar surface area (TPSA) is 73.7 Å². The van der Waals surface area contributed by atoms with Crippen molar-refractivity contribution in [2.75, 3.05) is 26.3 Å². The summed E-state index contributed by atoms with van der Waals surface area (Å²) in [6.07, 6.45) is 2.81. The van der Waals surface area contributed by atoms with Gasteiger partial charge < -0.3 is 14.4 Å². The van der Waals surface area contributed by atoms with E-state index in [4.69, 9.17) is 9.47 Å². The van der Waals surface area contributed by atoms with E-state index in [1.165, 1.54) is 23.0 Å². The quantitative estimate of drug-likeness (QED) is 0.820. The van der Waals surface area contributed by atoms with Gasteiger partial charge >= 0.3 is 0 Å². The Bertz CT molecular complexity index is 870. The number of fused-ring (bicyclic) bond motifs is 1. The second-order valence-electron chi connectivity index (χ2n) is 6.67. The number of amides is 1. The summed E-state index contributed by atoms with van der Waals surface area (Å²) < 4.78 is 25.7. The van der Waals surface area contributed by atoms with Crippen LogP contribution in [0.4, 0.5) is 4.39 Å². The Hall–Kier alpha value is -2.32. The fourth-order valence-corrected chi connectivity index (χ4v) is 3.56. The lowest BCUT2D eigenvalue weighted by Crippen LogP contribution is -2.43. The summed E-state index contributed by atoms with van der Waals surface area (Å²) in [5, 5.41) is 0.175. The van der Waals surface area contributed by atoms with Gasteiger partial charge in [0.1, 0.15) is 12.4 Å². The molecule has 1 aromatic heterocycles. The SMILES string of the molecule is O=C(Cn1cnc2ccc(F)cc2c1=O)N1CCC(C2OCCO2)CC1. The summed E-state index contributed by atoms with van der Waals surface area (Å²) in [4.78, 5) is 30.9. The largest absolute Gasteiger partial charge is 0.350 e. The molecule has 0 N–H and O–H groups in total. The first-order valence-electron chi connectivity index (χ1n) is 8.77. The molecule has 2 aromatic rings. The van der Waals surface area contributed by atoms with Crippen molar-refractivity contribution in [2.24, 2.45) is 5.92 Å². The number of piperidine rings is 1. The number of rotatable bonds is 3. The average molecular weight is 361 g/mol. The van der Waals surface area contributed by atoms with Crippen molar-refractivity contribution in [3.05, 3.63) is 40.7 Å². The molecule has 0 radical (unpaired) electrons. The molecule has 26 heavy (non-hydrogen) atoms. The summed E-state index contributed by atoms with van der Waals surface area (Å²) in [5.74, 6) is -0.343. The van der Waals surface area contributed by atoms with Crippen molar-refractivity contribution in [3.8, 4) is 0 Å². The Balaban J connectivity index is 1.43. The fraction of sp³-hybridized carbons (Fsp3) is 0.500. The maximum Gasteiger partial charge on any atom is 0.261 e. The first-order chi connectivity index (χ1) is 12.6. The molecule has 7 nitrogen and oxygen atoms in total. The molecule has 0 spiro atoms. The summed E-state index contributed by atoms with van der Waals surface area (Å²) in [6.45, 7) is 2.37. The Labute approximate surface area is 149 Å². The van der Waals surface area contributed by atoms with E-state index >= 15 is 0 Å². The number of nitrogens with zero attached hydrogens (tertiary/aromatic N) is 3. The highest BCUT2D eigenvalue weighted by atomic mass is 19.1. The zero-order valence-electron chi connectivity index (χ0n) is 14.3. The minimum absolute atomic E-state index is 0.0978. The second-order valence-corrected chi connectivity index (χ2v) is 6.67. The predicted octanol–water partition coefficient (Wildman–Crippen LogP) is 1.15. The van der Waals surface area contributed by atoms with Crippen LogP contribution in [-0.4, -0.2) is 53.0 Å². The van der Waals surface area contributed by atoms with Gasteiger partial charge in [0.05, 0.1) is 30.4 Å². The van der Waals surface area contributed by atoms with Crippen molar-refractivity contribution >= 4 is 16.8 Å². The molecular formula is C18H20FN3O4. The number of carbonyl (C=O) groups is 1. The van der Waals surface area contributed by atoms with E-state index in [9.17, 15) is 14.0 Å². The van der Waals surface area contributed by atoms with Crippen molar-refractivity contribution in [3.63, 3.8) is 0 Å². The second kappa shape index (κ2) is 7.13. The number of benzene rings is 1. The van der Waals surface area contributed by atoms with Gasteiger partial charge in [-0.3, -0.25) is 14.2 Å². The van der Waals surface area contributed by atoms with Crippen LogP contribution in [-0.2, 0) is 20.8 Å². The smallest absolute Gasteiger partial charge is 0.261 e. The summed E-state index contributed by atoms with van der Waals surface area (Å²) in [7, 11) is 0. The third kappa shape index (κ3) is 3.34. The third-order valence-electron chi connectivity index (χ3n) is 5.02. The van der Waals surface area contributed by atoms with Gasteiger partial charge in [-0.15, -0.1) is 0 Å². The fourth-order valence-electron chi connectivity index (χ4n) is 3.56. The lowest BCUT2D eigenvalue weighted by molar-refractivity contribution is -0.137. The minimum atomic E-state index is -0.501. The number of likely N-dealkylation sites (tertiary alicyclic amines) is 1. The molecule has 2 aliphatic heterocycles. The van der Waals surface area contributed by atoms with Crippen molar-refractivity contribution in [1.82, 2.24) is 14.5 Å². The summed E-state index contributed by atoms with van der Waals surface area (Å²) in [5.41, 5.74) is 0.00275. The summed E-state index contributed by atoms with van der Waals surface area (Å²) >= 11 is 0. The molecule has 3 heterocycles. The molecule has 0 atom stereocenters. The zero-order valence-corrected chi connectivity index (χ0v) is 14.3. The van der Waals surface area contributed by atoms with Gasteiger partial charge in [-0.2, -0.15) is 0 Å². The van der Waals surface area contributed by atoms with Crippen LogP contribution in [0.5, 0.6) is 0 Å². The van der Waals surface area contributed by atoms with Crippen LogP contribution in [0.3, 0.4) is 0 Å². The average Bonchev–Trinajstić information content (AvgIpc) is 3.19. The van der Waals surface area contributed by atoms with Gasteiger partial charge in [0.15, 0.2) is 6.29 Å². The number of aromatic nitrogens is 2. The van der Waals surface area contributed by atoms with Crippen LogP contribution >= 0.6 is 0 Å². The number of hydrogen-bond acceptors (Lipinski definition) is 5. The molecule has 0 aliphatic carbocycles. The monoisotopic (exact) mass is 361 g/mol. The lowest BCUT2D eigenvalue weighted by atomic mass is 9.96. The maximum absolute atomic E-state index is 13.4. The van der Waals surface area contributed by atoms with Crippen LogP contribution in [0.1, 0.15) is 12.8 Å². The number of carbonyl (C=O) groups excluding carboxylic acids is 1. The van der Waals surface area contributed by atoms with E-state index in [1.807, 2.05) is 0 Å². The molecule has 138 valence electrons. The number of halogens is 1. The molecule has 0 bridgehead atoms. The third-order valence-corrected chi connectivity index (χ3v) is 5.02. The lowest BCUT2D eigenvalue weighted by Gasteiger charge is -2.33. The van der Waals surface area contributed by atoms with Crippen molar-refractivity contribution in [2.45, 2.75) is 25.7 Å². The van der Waals surface area contributed by atoms with Gasteiger partial charge in [-0.1, -0.05) is 0 Å². The first-order valence-corrected chi connectivity index (χ1v) is 8.77. The van der Waals surface area contributed by atoms with E-state index in [0.717, 1.165) is 18.9 Å². The molecule has 1 amide bonds. The Morgan fingerprint density at radius 2 is 1.96 bits per heavy atom. The molecule has 0 unspecified atom stereocenters. The summed E-state index contributed by atoms with van der Waals surface area (Å²) in [6, 6.07) is 3.86. The van der Waals surface area contributed by atoms with E-state index in [1.54, 1.807) is 4.90 Å². The van der Waals surface area contributed by atoms with Crippen LogP contribution in [0.25, 0.3) is 10.9 Å². The molecular weight excluding hydrogens is 341 g/mol. The van der Waals surface area contributed by atoms with E-state index in [-0.39, 0.29) is 24.1 Å². The molecule has 2 saturated heterocycles. The molecule has 4 rings (SSSR count). The Kier molecular flexibility index (Phi) is 4.69. The minimum Gasteiger partial charge on any atom is -0.350 e. The first kappa shape index (κ1) is 17.1. The molecule has 0 saturated carbocycles. The highest BCUT2D eigenvalue weighted by Crippen LogP contribution is 2.25. The zero-order chi connectivity index (χ0) is 18.1. The van der Waals surface area contributed by atoms with Gasteiger partial charge in [-0.25, -0.2) is 9.37 Å². The van der Waals surface area contributed by atoms with E-state index in [0.29, 0.717) is 37.7 Å². The van der Waals surface area contributed by atoms with Gasteiger partial charge in [0, 0.05) is 19.0 Å². The standard InChI is InChI=1S/C18H20FN3O4/c19-13-1-2-15-14(9-13)17(24)22(11-20-15)10-16(23)21-5-3-12(4-6-21)18-25-7-8-26-18/h1-2,9,11-12,18H,3-8,10H2. The van der Waals surface area contributed by atoms with Crippen molar-refractivity contribution in [1.29, 1.82) is 0 Å². The Morgan fingerprint density at radius 3 is 2.69 bits per heavy atom. The normalized spacial score (nSPS) is 19.3. The highest BCUT2D eigenvalue weighted by Gasteiger charge is 2.31. The van der Waals surface area contributed by atoms with Crippen LogP contribution in [0, 0.1) is 11.7 Å². The maximum atomic E-state index is 13.4. The van der Waals surface area contributed by atoms with Crippen LogP contribution in [0.15, 0.2) is 29.3 Å².